The van der Waals surface area contributed by atoms with Gasteiger partial charge < -0.3 is 14.2 Å². The van der Waals surface area contributed by atoms with Gasteiger partial charge in [-0.15, -0.1) is 0 Å². The largest absolute Gasteiger partial charge is 0.591 e. The van der Waals surface area contributed by atoms with Crippen molar-refractivity contribution in [3.63, 3.8) is 0 Å². The van der Waals surface area contributed by atoms with E-state index >= 15 is 0 Å². The summed E-state index contributed by atoms with van der Waals surface area (Å²) in [7, 11) is 0. The molecule has 1 saturated heterocycles. The van der Waals surface area contributed by atoms with Gasteiger partial charge >= 0.3 is 6.09 Å². The lowest BCUT2D eigenvalue weighted by Crippen LogP contribution is -2.45. The number of rotatable bonds is 4. The van der Waals surface area contributed by atoms with E-state index in [1.807, 2.05) is 46.4 Å². The third-order valence-electron chi connectivity index (χ3n) is 3.97. The standard InChI is InChI=1S/C18H34N2O3S/c1-16(2,3)23-15(21)20-13-14(12-18(20,7)8)10-9-11-19-24(22)17(4,5)6/h11,14H,9-10,12-13H2,1-8H3/b19-11+/t14-,24-/m0/s1. The summed E-state index contributed by atoms with van der Waals surface area (Å²) in [6, 6.07) is 0. The van der Waals surface area contributed by atoms with E-state index in [9.17, 15) is 9.35 Å². The highest BCUT2D eigenvalue weighted by Crippen LogP contribution is 2.35. The normalized spacial score (nSPS) is 22.9. The first-order valence-electron chi connectivity index (χ1n) is 8.67. The van der Waals surface area contributed by atoms with Crippen LogP contribution in [0.3, 0.4) is 0 Å². The first-order chi connectivity index (χ1) is 10.7. The fourth-order valence-electron chi connectivity index (χ4n) is 2.81. The van der Waals surface area contributed by atoms with Crippen LogP contribution in [0.2, 0.25) is 0 Å². The Hall–Kier alpha value is -0.750. The smallest absolute Gasteiger partial charge is 0.410 e. The highest BCUT2D eigenvalue weighted by molar-refractivity contribution is 7.91. The molecule has 2 atom stereocenters. The van der Waals surface area contributed by atoms with Crippen LogP contribution in [0.15, 0.2) is 4.40 Å². The Morgan fingerprint density at radius 3 is 2.42 bits per heavy atom. The lowest BCUT2D eigenvalue weighted by atomic mass is 9.93. The highest BCUT2D eigenvalue weighted by atomic mass is 32.2. The van der Waals surface area contributed by atoms with Gasteiger partial charge in [0.05, 0.1) is 6.21 Å². The third kappa shape index (κ3) is 6.63. The van der Waals surface area contributed by atoms with Gasteiger partial charge in [-0.05, 0) is 80.6 Å². The van der Waals surface area contributed by atoms with Gasteiger partial charge in [0.15, 0.2) is 0 Å². The van der Waals surface area contributed by atoms with Crippen molar-refractivity contribution < 1.29 is 14.1 Å². The lowest BCUT2D eigenvalue weighted by molar-refractivity contribution is 0.0131. The molecule has 0 spiro atoms. The molecule has 1 aliphatic rings. The molecule has 24 heavy (non-hydrogen) atoms. The van der Waals surface area contributed by atoms with Crippen molar-refractivity contribution in [3.05, 3.63) is 0 Å². The maximum Gasteiger partial charge on any atom is 0.410 e. The predicted octanol–water partition coefficient (Wildman–Crippen LogP) is 4.34. The summed E-state index contributed by atoms with van der Waals surface area (Å²) in [5, 5.41) is 0. The Bertz CT molecular complexity index is 464. The molecule has 0 bridgehead atoms. The quantitative estimate of drug-likeness (QED) is 0.555. The van der Waals surface area contributed by atoms with Crippen LogP contribution in [-0.2, 0) is 16.1 Å². The summed E-state index contributed by atoms with van der Waals surface area (Å²) in [5.74, 6) is 0.419. The van der Waals surface area contributed by atoms with Crippen molar-refractivity contribution in [1.29, 1.82) is 0 Å². The second kappa shape index (κ2) is 7.65. The molecule has 0 unspecified atom stereocenters. The van der Waals surface area contributed by atoms with Crippen LogP contribution in [0.4, 0.5) is 4.79 Å². The second-order valence-electron chi connectivity index (χ2n) is 9.20. The Balaban J connectivity index is 2.53. The SMILES string of the molecule is CC(C)(C)OC(=O)N1C[C@@H](CC/C=N/[S@@+]([O-])C(C)(C)C)CC1(C)C. The molecule has 1 rings (SSSR count). The molecule has 0 N–H and O–H groups in total. The number of ether oxygens (including phenoxy) is 1. The van der Waals surface area contributed by atoms with Crippen LogP contribution >= 0.6 is 0 Å². The number of nitrogens with zero attached hydrogens (tertiary/aromatic N) is 2. The molecule has 0 radical (unpaired) electrons. The third-order valence-corrected chi connectivity index (χ3v) is 5.36. The minimum Gasteiger partial charge on any atom is -0.591 e. The van der Waals surface area contributed by atoms with Crippen molar-refractivity contribution in [2.45, 2.75) is 90.5 Å². The van der Waals surface area contributed by atoms with E-state index in [1.165, 1.54) is 0 Å². The second-order valence-corrected chi connectivity index (χ2v) is 11.1. The number of amides is 1. The monoisotopic (exact) mass is 358 g/mol. The molecular formula is C18H34N2O3S. The van der Waals surface area contributed by atoms with E-state index in [0.29, 0.717) is 12.5 Å². The highest BCUT2D eigenvalue weighted by Gasteiger charge is 2.42. The molecule has 1 fully saturated rings. The van der Waals surface area contributed by atoms with Gasteiger partial charge in [-0.25, -0.2) is 4.79 Å². The van der Waals surface area contributed by atoms with Crippen molar-refractivity contribution in [3.8, 4) is 0 Å². The first kappa shape index (κ1) is 21.3. The molecule has 140 valence electrons. The van der Waals surface area contributed by atoms with Crippen molar-refractivity contribution >= 4 is 23.7 Å². The van der Waals surface area contributed by atoms with Crippen LogP contribution < -0.4 is 0 Å². The minimum atomic E-state index is -1.20. The van der Waals surface area contributed by atoms with Gasteiger partial charge in [0.2, 0.25) is 0 Å². The van der Waals surface area contributed by atoms with Gasteiger partial charge in [0.1, 0.15) is 21.7 Å². The van der Waals surface area contributed by atoms with E-state index in [0.717, 1.165) is 19.3 Å². The number of carbonyl (C=O) groups excluding carboxylic acids is 1. The minimum absolute atomic E-state index is 0.196. The molecular weight excluding hydrogens is 324 g/mol. The molecule has 6 heteroatoms. The van der Waals surface area contributed by atoms with E-state index < -0.39 is 17.0 Å². The van der Waals surface area contributed by atoms with Gasteiger partial charge in [0, 0.05) is 12.1 Å². The Morgan fingerprint density at radius 2 is 1.92 bits per heavy atom. The zero-order chi connectivity index (χ0) is 18.8. The average Bonchev–Trinajstić information content (AvgIpc) is 2.66. The summed E-state index contributed by atoms with van der Waals surface area (Å²) in [6.07, 6.45) is 4.20. The van der Waals surface area contributed by atoms with E-state index in [2.05, 4.69) is 18.2 Å². The molecule has 0 saturated carbocycles. The van der Waals surface area contributed by atoms with E-state index in [4.69, 9.17) is 4.74 Å². The molecule has 0 aromatic rings. The summed E-state index contributed by atoms with van der Waals surface area (Å²) in [6.45, 7) is 16.3. The van der Waals surface area contributed by atoms with Crippen LogP contribution in [0.1, 0.15) is 74.7 Å². The first-order valence-corrected chi connectivity index (χ1v) is 9.78. The maximum atomic E-state index is 12.4. The van der Waals surface area contributed by atoms with E-state index in [-0.39, 0.29) is 16.4 Å². The molecule has 0 aliphatic carbocycles. The predicted molar refractivity (Wildman–Crippen MR) is 101 cm³/mol. The summed E-state index contributed by atoms with van der Waals surface area (Å²) in [5.41, 5.74) is -0.673. The van der Waals surface area contributed by atoms with Gasteiger partial charge in [-0.3, -0.25) is 0 Å². The van der Waals surface area contributed by atoms with Crippen LogP contribution in [0.25, 0.3) is 0 Å². The molecule has 0 aromatic heterocycles. The van der Waals surface area contributed by atoms with Crippen molar-refractivity contribution in [1.82, 2.24) is 4.90 Å². The Kier molecular flexibility index (Phi) is 6.78. The number of hydrogen-bond donors (Lipinski definition) is 0. The fraction of sp³-hybridized carbons (Fsp3) is 0.889. The number of likely N-dealkylation sites (tertiary alicyclic amines) is 1. The topological polar surface area (TPSA) is 65.0 Å². The molecule has 1 amide bonds. The van der Waals surface area contributed by atoms with Gasteiger partial charge in [-0.2, -0.15) is 0 Å². The fourth-order valence-corrected chi connectivity index (χ4v) is 3.36. The zero-order valence-corrected chi connectivity index (χ0v) is 17.3. The molecule has 0 aromatic carbocycles. The van der Waals surface area contributed by atoms with Gasteiger partial charge in [-0.1, -0.05) is 4.40 Å². The summed E-state index contributed by atoms with van der Waals surface area (Å²) in [4.78, 5) is 14.2. The molecule has 5 nitrogen and oxygen atoms in total. The van der Waals surface area contributed by atoms with Crippen LogP contribution in [0.5, 0.6) is 0 Å². The van der Waals surface area contributed by atoms with Gasteiger partial charge in [0.25, 0.3) is 0 Å². The number of hydrogen-bond acceptors (Lipinski definition) is 4. The molecule has 1 aliphatic heterocycles. The lowest BCUT2D eigenvalue weighted by Gasteiger charge is -2.33. The summed E-state index contributed by atoms with van der Waals surface area (Å²) >= 11 is -1.20. The number of carbonyl (C=O) groups is 1. The maximum absolute atomic E-state index is 12.4. The average molecular weight is 359 g/mol. The zero-order valence-electron chi connectivity index (χ0n) is 16.5. The van der Waals surface area contributed by atoms with Crippen molar-refractivity contribution in [2.75, 3.05) is 6.54 Å². The molecule has 1 heterocycles. The summed E-state index contributed by atoms with van der Waals surface area (Å²) < 4.78 is 21.2. The Labute approximate surface area is 150 Å². The van der Waals surface area contributed by atoms with E-state index in [1.54, 1.807) is 6.21 Å². The van der Waals surface area contributed by atoms with Crippen molar-refractivity contribution in [2.24, 2.45) is 10.3 Å². The van der Waals surface area contributed by atoms with Crippen LogP contribution in [-0.4, -0.2) is 44.2 Å². The Morgan fingerprint density at radius 1 is 1.33 bits per heavy atom. The van der Waals surface area contributed by atoms with Crippen LogP contribution in [0, 0.1) is 5.92 Å².